The topological polar surface area (TPSA) is 69.8 Å². The van der Waals surface area contributed by atoms with Crippen molar-refractivity contribution in [3.8, 4) is 0 Å². The van der Waals surface area contributed by atoms with Crippen molar-refractivity contribution in [3.05, 3.63) is 89.2 Å². The molecule has 0 saturated carbocycles. The van der Waals surface area contributed by atoms with Crippen molar-refractivity contribution in [2.45, 2.75) is 26.7 Å². The number of anilines is 2. The van der Waals surface area contributed by atoms with Crippen LogP contribution in [0, 0.1) is 13.8 Å². The molecule has 5 nitrogen and oxygen atoms in total. The van der Waals surface area contributed by atoms with Crippen molar-refractivity contribution in [3.63, 3.8) is 0 Å². The highest BCUT2D eigenvalue weighted by Gasteiger charge is 2.06. The third-order valence-corrected chi connectivity index (χ3v) is 4.94. The summed E-state index contributed by atoms with van der Waals surface area (Å²) >= 11 is 0. The van der Waals surface area contributed by atoms with E-state index in [1.807, 2.05) is 80.6 Å². The normalized spacial score (nSPS) is 10.8. The summed E-state index contributed by atoms with van der Waals surface area (Å²) in [5.74, 6) is 0.987. The summed E-state index contributed by atoms with van der Waals surface area (Å²) in [6.07, 6.45) is 1.73. The molecule has 0 aliphatic carbocycles. The van der Waals surface area contributed by atoms with E-state index in [-0.39, 0.29) is 6.03 Å². The van der Waals surface area contributed by atoms with E-state index < -0.39 is 0 Å². The van der Waals surface area contributed by atoms with Crippen LogP contribution in [0.3, 0.4) is 0 Å². The SMILES string of the molecule is Cc1ccc(C)c(NC(=O)Nc2ccc(CCc3nc4ccccc4[nH]3)cc2)c1. The Labute approximate surface area is 170 Å². The third kappa shape index (κ3) is 4.63. The molecule has 146 valence electrons. The highest BCUT2D eigenvalue weighted by molar-refractivity contribution is 6.00. The fourth-order valence-electron chi connectivity index (χ4n) is 3.30. The maximum atomic E-state index is 12.3. The number of urea groups is 1. The van der Waals surface area contributed by atoms with Gasteiger partial charge in [0.05, 0.1) is 11.0 Å². The second-order valence-corrected chi connectivity index (χ2v) is 7.30. The number of para-hydroxylation sites is 2. The fraction of sp³-hybridized carbons (Fsp3) is 0.167. The first-order valence-electron chi connectivity index (χ1n) is 9.75. The summed E-state index contributed by atoms with van der Waals surface area (Å²) in [6.45, 7) is 3.98. The molecule has 0 unspecified atom stereocenters. The molecule has 0 saturated heterocycles. The Hall–Kier alpha value is -3.60. The number of carbonyl (C=O) groups is 1. The van der Waals surface area contributed by atoms with E-state index in [2.05, 4.69) is 20.6 Å². The first-order valence-corrected chi connectivity index (χ1v) is 9.75. The number of fused-ring (bicyclic) bond motifs is 1. The van der Waals surface area contributed by atoms with Crippen LogP contribution in [0.25, 0.3) is 11.0 Å². The molecule has 4 aromatic rings. The second-order valence-electron chi connectivity index (χ2n) is 7.30. The van der Waals surface area contributed by atoms with Crippen LogP contribution in [0.4, 0.5) is 16.2 Å². The molecule has 1 aromatic heterocycles. The predicted octanol–water partition coefficient (Wildman–Crippen LogP) is 5.61. The smallest absolute Gasteiger partial charge is 0.323 e. The van der Waals surface area contributed by atoms with E-state index in [4.69, 9.17) is 0 Å². The Morgan fingerprint density at radius 1 is 0.931 bits per heavy atom. The highest BCUT2D eigenvalue weighted by Crippen LogP contribution is 2.18. The Kier molecular flexibility index (Phi) is 5.29. The lowest BCUT2D eigenvalue weighted by Gasteiger charge is -2.11. The molecule has 5 heteroatoms. The maximum absolute atomic E-state index is 12.3. The number of aromatic nitrogens is 2. The van der Waals surface area contributed by atoms with Gasteiger partial charge in [-0.25, -0.2) is 9.78 Å². The molecule has 0 bridgehead atoms. The molecule has 0 spiro atoms. The number of hydrogen-bond donors (Lipinski definition) is 3. The van der Waals surface area contributed by atoms with Gasteiger partial charge in [0.1, 0.15) is 5.82 Å². The van der Waals surface area contributed by atoms with E-state index >= 15 is 0 Å². The zero-order valence-electron chi connectivity index (χ0n) is 16.6. The minimum absolute atomic E-state index is 0.242. The Bertz CT molecular complexity index is 1110. The molecule has 4 rings (SSSR count). The number of aromatic amines is 1. The maximum Gasteiger partial charge on any atom is 0.323 e. The first kappa shape index (κ1) is 18.7. The van der Waals surface area contributed by atoms with Crippen LogP contribution >= 0.6 is 0 Å². The average Bonchev–Trinajstić information content (AvgIpc) is 3.13. The average molecular weight is 384 g/mol. The van der Waals surface area contributed by atoms with E-state index in [1.165, 1.54) is 5.56 Å². The van der Waals surface area contributed by atoms with Crippen molar-refractivity contribution < 1.29 is 4.79 Å². The predicted molar refractivity (Wildman–Crippen MR) is 119 cm³/mol. The molecular weight excluding hydrogens is 360 g/mol. The fourth-order valence-corrected chi connectivity index (χ4v) is 3.30. The van der Waals surface area contributed by atoms with Crippen LogP contribution in [-0.4, -0.2) is 16.0 Å². The van der Waals surface area contributed by atoms with Crippen molar-refractivity contribution in [2.75, 3.05) is 10.6 Å². The Balaban J connectivity index is 1.33. The van der Waals surface area contributed by atoms with Crippen LogP contribution in [0.2, 0.25) is 0 Å². The quantitative estimate of drug-likeness (QED) is 0.419. The standard InChI is InChI=1S/C24H24N4O/c1-16-7-8-17(2)22(15-16)28-24(29)25-19-12-9-18(10-13-19)11-14-23-26-20-5-3-4-6-21(20)27-23/h3-10,12-13,15H,11,14H2,1-2H3,(H,26,27)(H2,25,28,29). The molecule has 1 heterocycles. The number of aryl methyl sites for hydroxylation is 4. The van der Waals surface area contributed by atoms with Crippen molar-refractivity contribution in [1.82, 2.24) is 9.97 Å². The lowest BCUT2D eigenvalue weighted by atomic mass is 10.1. The van der Waals surface area contributed by atoms with Crippen LogP contribution < -0.4 is 10.6 Å². The van der Waals surface area contributed by atoms with Gasteiger partial charge >= 0.3 is 6.03 Å². The summed E-state index contributed by atoms with van der Waals surface area (Å²) in [7, 11) is 0. The summed E-state index contributed by atoms with van der Waals surface area (Å²) in [6, 6.07) is 21.7. The second kappa shape index (κ2) is 8.19. The van der Waals surface area contributed by atoms with Gasteiger partial charge in [-0.05, 0) is 67.3 Å². The molecule has 0 atom stereocenters. The van der Waals surface area contributed by atoms with Gasteiger partial charge in [0.25, 0.3) is 0 Å². The molecule has 3 aromatic carbocycles. The largest absolute Gasteiger partial charge is 0.342 e. The number of H-pyrrole nitrogens is 1. The number of amides is 2. The molecule has 0 aliphatic rings. The monoisotopic (exact) mass is 384 g/mol. The lowest BCUT2D eigenvalue weighted by molar-refractivity contribution is 0.262. The number of nitrogens with one attached hydrogen (secondary N) is 3. The van der Waals surface area contributed by atoms with Crippen LogP contribution in [0.15, 0.2) is 66.7 Å². The zero-order chi connectivity index (χ0) is 20.2. The van der Waals surface area contributed by atoms with E-state index in [0.29, 0.717) is 0 Å². The minimum atomic E-state index is -0.242. The van der Waals surface area contributed by atoms with Gasteiger partial charge in [-0.3, -0.25) is 0 Å². The van der Waals surface area contributed by atoms with E-state index in [1.54, 1.807) is 0 Å². The molecule has 0 fully saturated rings. The molecule has 29 heavy (non-hydrogen) atoms. The van der Waals surface area contributed by atoms with Crippen LogP contribution in [-0.2, 0) is 12.8 Å². The van der Waals surface area contributed by atoms with E-state index in [0.717, 1.165) is 52.2 Å². The van der Waals surface area contributed by atoms with Crippen LogP contribution in [0.1, 0.15) is 22.5 Å². The molecule has 0 radical (unpaired) electrons. The first-order chi connectivity index (χ1) is 14.1. The summed E-state index contributed by atoms with van der Waals surface area (Å²) in [4.78, 5) is 20.3. The highest BCUT2D eigenvalue weighted by atomic mass is 16.2. The van der Waals surface area contributed by atoms with Gasteiger partial charge < -0.3 is 15.6 Å². The Morgan fingerprint density at radius 3 is 2.52 bits per heavy atom. The van der Waals surface area contributed by atoms with Gasteiger partial charge in [0.15, 0.2) is 0 Å². The van der Waals surface area contributed by atoms with Gasteiger partial charge in [-0.2, -0.15) is 0 Å². The van der Waals surface area contributed by atoms with Gasteiger partial charge in [-0.1, -0.05) is 36.4 Å². The Morgan fingerprint density at radius 2 is 1.72 bits per heavy atom. The molecule has 2 amide bonds. The van der Waals surface area contributed by atoms with Crippen molar-refractivity contribution >= 4 is 28.4 Å². The molecular formula is C24H24N4O. The summed E-state index contributed by atoms with van der Waals surface area (Å²) in [5, 5.41) is 5.80. The minimum Gasteiger partial charge on any atom is -0.342 e. The van der Waals surface area contributed by atoms with E-state index in [9.17, 15) is 4.79 Å². The summed E-state index contributed by atoms with van der Waals surface area (Å²) in [5.41, 5.74) is 7.00. The number of rotatable bonds is 5. The van der Waals surface area contributed by atoms with Crippen LogP contribution in [0.5, 0.6) is 0 Å². The summed E-state index contributed by atoms with van der Waals surface area (Å²) < 4.78 is 0. The van der Waals surface area contributed by atoms with Gasteiger partial charge in [0.2, 0.25) is 0 Å². The van der Waals surface area contributed by atoms with Crippen molar-refractivity contribution in [2.24, 2.45) is 0 Å². The van der Waals surface area contributed by atoms with Crippen molar-refractivity contribution in [1.29, 1.82) is 0 Å². The molecule has 3 N–H and O–H groups in total. The molecule has 0 aliphatic heterocycles. The zero-order valence-corrected chi connectivity index (χ0v) is 16.6. The lowest BCUT2D eigenvalue weighted by Crippen LogP contribution is -2.20. The number of hydrogen-bond acceptors (Lipinski definition) is 2. The number of imidazole rings is 1. The number of nitrogens with zero attached hydrogens (tertiary/aromatic N) is 1. The third-order valence-electron chi connectivity index (χ3n) is 4.94. The number of benzene rings is 3. The number of carbonyl (C=O) groups excluding carboxylic acids is 1. The van der Waals surface area contributed by atoms with Gasteiger partial charge in [0, 0.05) is 17.8 Å². The van der Waals surface area contributed by atoms with Gasteiger partial charge in [-0.15, -0.1) is 0 Å².